The molecule has 11 heteroatoms. The Labute approximate surface area is 157 Å². The number of aromatic nitrogens is 2. The zero-order valence-corrected chi connectivity index (χ0v) is 15.0. The van der Waals surface area contributed by atoms with Crippen molar-refractivity contribution in [1.29, 1.82) is 0 Å². The number of methoxy groups -OCH3 is 1. The SMILES string of the molecule is COc1cc2c(cc1Nc1ncc(C(F)(F)F)c(Cl)n1)CCOC(=O)N2C. The third-order valence-corrected chi connectivity index (χ3v) is 4.22. The van der Waals surface area contributed by atoms with Crippen molar-refractivity contribution in [2.24, 2.45) is 0 Å². The Morgan fingerprint density at radius 2 is 2.11 bits per heavy atom. The van der Waals surface area contributed by atoms with E-state index in [1.54, 1.807) is 19.2 Å². The highest BCUT2D eigenvalue weighted by atomic mass is 35.5. The minimum atomic E-state index is -4.64. The number of halogens is 4. The van der Waals surface area contributed by atoms with Gasteiger partial charge in [0.25, 0.3) is 0 Å². The van der Waals surface area contributed by atoms with Gasteiger partial charge in [0.15, 0.2) is 0 Å². The first-order valence-electron chi connectivity index (χ1n) is 7.69. The monoisotopic (exact) mass is 402 g/mol. The quantitative estimate of drug-likeness (QED) is 0.781. The van der Waals surface area contributed by atoms with E-state index >= 15 is 0 Å². The van der Waals surface area contributed by atoms with Crippen LogP contribution in [0.25, 0.3) is 0 Å². The first-order chi connectivity index (χ1) is 12.7. The van der Waals surface area contributed by atoms with E-state index in [2.05, 4.69) is 15.3 Å². The zero-order valence-electron chi connectivity index (χ0n) is 14.2. The number of anilines is 3. The summed E-state index contributed by atoms with van der Waals surface area (Å²) >= 11 is 5.62. The van der Waals surface area contributed by atoms with Crippen molar-refractivity contribution >= 4 is 35.0 Å². The predicted octanol–water partition coefficient (Wildman–Crippen LogP) is 4.03. The van der Waals surface area contributed by atoms with Crippen molar-refractivity contribution < 1.29 is 27.4 Å². The maximum atomic E-state index is 12.8. The minimum Gasteiger partial charge on any atom is -0.494 e. The van der Waals surface area contributed by atoms with E-state index in [1.165, 1.54) is 12.0 Å². The molecule has 3 rings (SSSR count). The van der Waals surface area contributed by atoms with E-state index < -0.39 is 23.0 Å². The van der Waals surface area contributed by atoms with Crippen LogP contribution < -0.4 is 15.0 Å². The molecule has 0 saturated heterocycles. The summed E-state index contributed by atoms with van der Waals surface area (Å²) in [7, 11) is 2.99. The number of fused-ring (bicyclic) bond motifs is 1. The number of nitrogens with zero attached hydrogens (tertiary/aromatic N) is 3. The van der Waals surface area contributed by atoms with E-state index in [0.717, 1.165) is 5.56 Å². The number of hydrogen-bond acceptors (Lipinski definition) is 6. The largest absolute Gasteiger partial charge is 0.494 e. The fourth-order valence-electron chi connectivity index (χ4n) is 2.57. The van der Waals surface area contributed by atoms with Crippen molar-refractivity contribution in [2.75, 3.05) is 31.0 Å². The number of nitrogens with one attached hydrogen (secondary N) is 1. The fraction of sp³-hybridized carbons (Fsp3) is 0.312. The predicted molar refractivity (Wildman–Crippen MR) is 91.8 cm³/mol. The minimum absolute atomic E-state index is 0.124. The summed E-state index contributed by atoms with van der Waals surface area (Å²) in [6, 6.07) is 3.32. The lowest BCUT2D eigenvalue weighted by Gasteiger charge is -2.19. The molecular formula is C16H14ClF3N4O3. The molecule has 0 aliphatic carbocycles. The number of hydrogen-bond donors (Lipinski definition) is 1. The van der Waals surface area contributed by atoms with Crippen LogP contribution in [0.5, 0.6) is 5.75 Å². The average molecular weight is 403 g/mol. The molecule has 27 heavy (non-hydrogen) atoms. The van der Waals surface area contributed by atoms with Crippen LogP contribution >= 0.6 is 11.6 Å². The Bertz CT molecular complexity index is 892. The molecule has 2 aromatic rings. The number of carbonyl (C=O) groups is 1. The summed E-state index contributed by atoms with van der Waals surface area (Å²) < 4.78 is 48.7. The van der Waals surface area contributed by atoms with Gasteiger partial charge in [-0.15, -0.1) is 0 Å². The lowest BCUT2D eigenvalue weighted by atomic mass is 10.1. The summed E-state index contributed by atoms with van der Waals surface area (Å²) in [6.07, 6.45) is -4.07. The van der Waals surface area contributed by atoms with Gasteiger partial charge in [-0.25, -0.2) is 14.8 Å². The molecule has 144 valence electrons. The topological polar surface area (TPSA) is 76.6 Å². The highest BCUT2D eigenvalue weighted by molar-refractivity contribution is 6.30. The van der Waals surface area contributed by atoms with Crippen molar-refractivity contribution in [2.45, 2.75) is 12.6 Å². The molecule has 0 radical (unpaired) electrons. The van der Waals surface area contributed by atoms with Gasteiger partial charge in [0.05, 0.1) is 25.1 Å². The zero-order chi connectivity index (χ0) is 19.8. The van der Waals surface area contributed by atoms with Crippen molar-refractivity contribution in [1.82, 2.24) is 9.97 Å². The van der Waals surface area contributed by atoms with Crippen molar-refractivity contribution in [3.05, 3.63) is 34.6 Å². The molecule has 0 unspecified atom stereocenters. The van der Waals surface area contributed by atoms with Crippen molar-refractivity contribution in [3.63, 3.8) is 0 Å². The van der Waals surface area contributed by atoms with Gasteiger partial charge in [-0.2, -0.15) is 13.2 Å². The molecule has 1 amide bonds. The fourth-order valence-corrected chi connectivity index (χ4v) is 2.80. The Balaban J connectivity index is 1.97. The molecule has 1 N–H and O–H groups in total. The highest BCUT2D eigenvalue weighted by Crippen LogP contribution is 2.37. The maximum Gasteiger partial charge on any atom is 0.420 e. The second-order valence-electron chi connectivity index (χ2n) is 5.63. The van der Waals surface area contributed by atoms with E-state index in [0.29, 0.717) is 29.7 Å². The molecule has 0 bridgehead atoms. The number of cyclic esters (lactones) is 1. The normalized spacial score (nSPS) is 14.3. The van der Waals surface area contributed by atoms with Gasteiger partial charge in [0.1, 0.15) is 16.5 Å². The first-order valence-corrected chi connectivity index (χ1v) is 8.06. The van der Waals surface area contributed by atoms with Crippen LogP contribution in [0.2, 0.25) is 5.15 Å². The van der Waals surface area contributed by atoms with E-state index in [1.807, 2.05) is 0 Å². The smallest absolute Gasteiger partial charge is 0.420 e. The summed E-state index contributed by atoms with van der Waals surface area (Å²) in [4.78, 5) is 20.5. The van der Waals surface area contributed by atoms with Crippen LogP contribution in [0.15, 0.2) is 18.3 Å². The van der Waals surface area contributed by atoms with Gasteiger partial charge in [-0.05, 0) is 11.6 Å². The standard InChI is InChI=1S/C16H14ClF3N4O3/c1-24-11-6-12(26-2)10(5-8(11)3-4-27-15(24)25)22-14-21-7-9(13(17)23-14)16(18,19)20/h5-7H,3-4H2,1-2H3,(H,21,22,23). The average Bonchev–Trinajstić information content (AvgIpc) is 2.72. The van der Waals surface area contributed by atoms with Gasteiger partial charge >= 0.3 is 12.3 Å². The Hall–Kier alpha value is -2.75. The van der Waals surface area contributed by atoms with Gasteiger partial charge in [0.2, 0.25) is 5.95 Å². The summed E-state index contributed by atoms with van der Waals surface area (Å²) in [5.74, 6) is 0.218. The molecule has 1 aliphatic heterocycles. The molecule has 7 nitrogen and oxygen atoms in total. The molecule has 1 aromatic carbocycles. The Morgan fingerprint density at radius 3 is 2.74 bits per heavy atom. The molecule has 0 atom stereocenters. The summed E-state index contributed by atoms with van der Waals surface area (Å²) in [5.41, 5.74) is 0.673. The highest BCUT2D eigenvalue weighted by Gasteiger charge is 2.34. The van der Waals surface area contributed by atoms with Gasteiger partial charge < -0.3 is 14.8 Å². The first kappa shape index (κ1) is 19.0. The van der Waals surface area contributed by atoms with E-state index in [9.17, 15) is 18.0 Å². The van der Waals surface area contributed by atoms with Crippen LogP contribution in [0, 0.1) is 0 Å². The van der Waals surface area contributed by atoms with Crippen LogP contribution in [-0.4, -0.2) is 36.8 Å². The lowest BCUT2D eigenvalue weighted by molar-refractivity contribution is -0.137. The van der Waals surface area contributed by atoms with E-state index in [-0.39, 0.29) is 12.6 Å². The molecule has 1 aliphatic rings. The molecule has 0 saturated carbocycles. The van der Waals surface area contributed by atoms with Gasteiger partial charge in [-0.3, -0.25) is 4.90 Å². The molecule has 2 heterocycles. The number of amides is 1. The number of rotatable bonds is 3. The summed E-state index contributed by atoms with van der Waals surface area (Å²) in [6.45, 7) is 0.199. The number of benzene rings is 1. The molecule has 0 spiro atoms. The van der Waals surface area contributed by atoms with Crippen LogP contribution in [0.1, 0.15) is 11.1 Å². The second-order valence-corrected chi connectivity index (χ2v) is 5.98. The van der Waals surface area contributed by atoms with Crippen LogP contribution in [-0.2, 0) is 17.3 Å². The molecular weight excluding hydrogens is 389 g/mol. The number of alkyl halides is 3. The lowest BCUT2D eigenvalue weighted by Crippen LogP contribution is -2.25. The third-order valence-electron chi connectivity index (χ3n) is 3.93. The van der Waals surface area contributed by atoms with E-state index in [4.69, 9.17) is 21.1 Å². The van der Waals surface area contributed by atoms with Crippen LogP contribution in [0.4, 0.5) is 35.3 Å². The number of ether oxygens (including phenoxy) is 2. The second kappa shape index (κ2) is 7.10. The summed E-state index contributed by atoms with van der Waals surface area (Å²) in [5, 5.41) is 2.08. The maximum absolute atomic E-state index is 12.8. The third kappa shape index (κ3) is 3.85. The molecule has 1 aromatic heterocycles. The molecule has 0 fully saturated rings. The number of carbonyl (C=O) groups excluding carboxylic acids is 1. The van der Waals surface area contributed by atoms with Crippen molar-refractivity contribution in [3.8, 4) is 5.75 Å². The van der Waals surface area contributed by atoms with Gasteiger partial charge in [-0.1, -0.05) is 11.6 Å². The van der Waals surface area contributed by atoms with Gasteiger partial charge in [0, 0.05) is 25.7 Å². The van der Waals surface area contributed by atoms with Crippen LogP contribution in [0.3, 0.4) is 0 Å². The Morgan fingerprint density at radius 1 is 1.37 bits per heavy atom. The Kier molecular flexibility index (Phi) is 5.01.